The Morgan fingerprint density at radius 2 is 1.80 bits per heavy atom. The van der Waals surface area contributed by atoms with E-state index in [9.17, 15) is 14.5 Å². The van der Waals surface area contributed by atoms with Gasteiger partial charge in [-0.2, -0.15) is 0 Å². The van der Waals surface area contributed by atoms with Gasteiger partial charge in [0.15, 0.2) is 0 Å². The molecule has 0 aliphatic rings. The standard InChI is InChI=1S/C9H7NO5/c1-4-2-3-5(8(11)12)6(9(13)14)7(4)10-15/h2-3H,1H3,(H,11,12)(H,13,14). The maximum atomic E-state index is 10.8. The predicted molar refractivity (Wildman–Crippen MR) is 50.6 cm³/mol. The fourth-order valence-corrected chi connectivity index (χ4v) is 1.21. The molecule has 6 nitrogen and oxygen atoms in total. The highest BCUT2D eigenvalue weighted by molar-refractivity contribution is 6.05. The molecule has 0 spiro atoms. The summed E-state index contributed by atoms with van der Waals surface area (Å²) in [5, 5.41) is 20.0. The van der Waals surface area contributed by atoms with Gasteiger partial charge < -0.3 is 10.2 Å². The molecule has 15 heavy (non-hydrogen) atoms. The molecule has 0 aliphatic heterocycles. The van der Waals surface area contributed by atoms with Crippen molar-refractivity contribution < 1.29 is 19.8 Å². The first-order valence-corrected chi connectivity index (χ1v) is 3.92. The molecule has 0 unspecified atom stereocenters. The van der Waals surface area contributed by atoms with Crippen LogP contribution in [0.1, 0.15) is 26.3 Å². The summed E-state index contributed by atoms with van der Waals surface area (Å²) in [7, 11) is 0. The summed E-state index contributed by atoms with van der Waals surface area (Å²) in [6.07, 6.45) is 0. The lowest BCUT2D eigenvalue weighted by Crippen LogP contribution is -2.08. The van der Waals surface area contributed by atoms with Gasteiger partial charge in [0, 0.05) is 0 Å². The third-order valence-electron chi connectivity index (χ3n) is 1.92. The topological polar surface area (TPSA) is 104 Å². The molecule has 0 radical (unpaired) electrons. The van der Waals surface area contributed by atoms with Crippen molar-refractivity contribution in [1.29, 1.82) is 0 Å². The van der Waals surface area contributed by atoms with Gasteiger partial charge in [0.1, 0.15) is 11.3 Å². The van der Waals surface area contributed by atoms with Crippen molar-refractivity contribution in [2.24, 2.45) is 5.18 Å². The number of carbonyl (C=O) groups is 2. The van der Waals surface area contributed by atoms with E-state index in [1.165, 1.54) is 13.0 Å². The second-order valence-electron chi connectivity index (χ2n) is 2.86. The van der Waals surface area contributed by atoms with E-state index in [0.29, 0.717) is 5.56 Å². The van der Waals surface area contributed by atoms with Crippen LogP contribution in [-0.2, 0) is 0 Å². The summed E-state index contributed by atoms with van der Waals surface area (Å²) in [5.41, 5.74) is -1.03. The fraction of sp³-hybridized carbons (Fsp3) is 0.111. The lowest BCUT2D eigenvalue weighted by atomic mass is 10.0. The summed E-state index contributed by atoms with van der Waals surface area (Å²) < 4.78 is 0. The minimum absolute atomic E-state index is 0.326. The van der Waals surface area contributed by atoms with Gasteiger partial charge in [-0.25, -0.2) is 9.59 Å². The van der Waals surface area contributed by atoms with Gasteiger partial charge in [-0.3, -0.25) is 0 Å². The van der Waals surface area contributed by atoms with Crippen LogP contribution in [0.2, 0.25) is 0 Å². The van der Waals surface area contributed by atoms with Crippen LogP contribution in [-0.4, -0.2) is 22.2 Å². The number of nitrogens with zero attached hydrogens (tertiary/aromatic N) is 1. The number of carboxylic acid groups (broad SMARTS) is 2. The molecule has 2 N–H and O–H groups in total. The summed E-state index contributed by atoms with van der Waals surface area (Å²) in [4.78, 5) is 31.9. The van der Waals surface area contributed by atoms with Crippen molar-refractivity contribution in [3.63, 3.8) is 0 Å². The molecule has 0 aromatic heterocycles. The molecule has 0 bridgehead atoms. The van der Waals surface area contributed by atoms with Crippen LogP contribution >= 0.6 is 0 Å². The number of hydrogen-bond donors (Lipinski definition) is 2. The summed E-state index contributed by atoms with van der Waals surface area (Å²) >= 11 is 0. The fourth-order valence-electron chi connectivity index (χ4n) is 1.21. The van der Waals surface area contributed by atoms with Gasteiger partial charge in [-0.05, 0) is 23.7 Å². The Morgan fingerprint density at radius 3 is 2.20 bits per heavy atom. The maximum absolute atomic E-state index is 10.8. The molecule has 0 fully saturated rings. The van der Waals surface area contributed by atoms with Gasteiger partial charge in [0.25, 0.3) is 0 Å². The van der Waals surface area contributed by atoms with E-state index < -0.39 is 23.1 Å². The minimum Gasteiger partial charge on any atom is -0.478 e. The van der Waals surface area contributed by atoms with Gasteiger partial charge in [-0.15, -0.1) is 4.91 Å². The minimum atomic E-state index is -1.48. The molecule has 0 atom stereocenters. The molecule has 0 saturated carbocycles. The van der Waals surface area contributed by atoms with Crippen LogP contribution in [0, 0.1) is 11.8 Å². The highest BCUT2D eigenvalue weighted by atomic mass is 16.4. The van der Waals surface area contributed by atoms with Gasteiger partial charge in [0.2, 0.25) is 0 Å². The smallest absolute Gasteiger partial charge is 0.338 e. The molecular weight excluding hydrogens is 202 g/mol. The largest absolute Gasteiger partial charge is 0.478 e. The van der Waals surface area contributed by atoms with Crippen LogP contribution in [0.25, 0.3) is 0 Å². The van der Waals surface area contributed by atoms with Crippen molar-refractivity contribution >= 4 is 17.6 Å². The van der Waals surface area contributed by atoms with Crippen LogP contribution in [0.15, 0.2) is 17.3 Å². The molecule has 1 aromatic carbocycles. The second-order valence-corrected chi connectivity index (χ2v) is 2.86. The first-order valence-electron chi connectivity index (χ1n) is 3.92. The molecule has 0 saturated heterocycles. The number of hydrogen-bond acceptors (Lipinski definition) is 4. The third-order valence-corrected chi connectivity index (χ3v) is 1.92. The molecule has 0 heterocycles. The number of aromatic carboxylic acids is 2. The van der Waals surface area contributed by atoms with E-state index in [2.05, 4.69) is 5.18 Å². The van der Waals surface area contributed by atoms with Crippen molar-refractivity contribution in [2.45, 2.75) is 6.92 Å². The van der Waals surface area contributed by atoms with Crippen molar-refractivity contribution in [3.05, 3.63) is 33.7 Å². The molecule has 78 valence electrons. The normalized spacial score (nSPS) is 9.67. The summed E-state index contributed by atoms with van der Waals surface area (Å²) in [6.45, 7) is 1.48. The Kier molecular flexibility index (Phi) is 2.80. The van der Waals surface area contributed by atoms with Crippen LogP contribution < -0.4 is 0 Å². The molecule has 0 aliphatic carbocycles. The van der Waals surface area contributed by atoms with E-state index >= 15 is 0 Å². The molecule has 1 rings (SSSR count). The quantitative estimate of drug-likeness (QED) is 0.738. The Hall–Kier alpha value is -2.24. The van der Waals surface area contributed by atoms with Crippen LogP contribution in [0.3, 0.4) is 0 Å². The van der Waals surface area contributed by atoms with Crippen molar-refractivity contribution in [2.75, 3.05) is 0 Å². The maximum Gasteiger partial charge on any atom is 0.338 e. The first-order chi connectivity index (χ1) is 6.99. The van der Waals surface area contributed by atoms with E-state index in [1.807, 2.05) is 0 Å². The Balaban J connectivity index is 3.63. The van der Waals surface area contributed by atoms with Crippen molar-refractivity contribution in [1.82, 2.24) is 0 Å². The Labute approximate surface area is 84.1 Å². The van der Waals surface area contributed by atoms with E-state index in [1.54, 1.807) is 0 Å². The van der Waals surface area contributed by atoms with Gasteiger partial charge in [0.05, 0.1) is 5.56 Å². The van der Waals surface area contributed by atoms with E-state index in [4.69, 9.17) is 10.2 Å². The number of aryl methyl sites for hydroxylation is 1. The molecular formula is C9H7NO5. The molecule has 6 heteroatoms. The second kappa shape index (κ2) is 3.87. The zero-order valence-electron chi connectivity index (χ0n) is 7.72. The van der Waals surface area contributed by atoms with Crippen molar-refractivity contribution in [3.8, 4) is 0 Å². The summed E-state index contributed by atoms with van der Waals surface area (Å²) in [6, 6.07) is 2.47. The van der Waals surface area contributed by atoms with Gasteiger partial charge >= 0.3 is 11.9 Å². The average molecular weight is 209 g/mol. The van der Waals surface area contributed by atoms with E-state index in [-0.39, 0.29) is 5.69 Å². The highest BCUT2D eigenvalue weighted by Crippen LogP contribution is 2.27. The lowest BCUT2D eigenvalue weighted by Gasteiger charge is -2.05. The number of rotatable bonds is 3. The zero-order valence-corrected chi connectivity index (χ0v) is 7.72. The zero-order chi connectivity index (χ0) is 11.6. The third kappa shape index (κ3) is 1.83. The van der Waals surface area contributed by atoms with Crippen LogP contribution in [0.4, 0.5) is 5.69 Å². The van der Waals surface area contributed by atoms with E-state index in [0.717, 1.165) is 6.07 Å². The predicted octanol–water partition coefficient (Wildman–Crippen LogP) is 1.79. The first kappa shape index (κ1) is 10.8. The highest BCUT2D eigenvalue weighted by Gasteiger charge is 2.22. The number of nitroso groups, excluding NO2 is 1. The number of benzene rings is 1. The molecule has 1 aromatic rings. The monoisotopic (exact) mass is 209 g/mol. The Bertz CT molecular complexity index is 452. The lowest BCUT2D eigenvalue weighted by molar-refractivity contribution is 0.0652. The summed E-state index contributed by atoms with van der Waals surface area (Å²) in [5.74, 6) is -2.89. The van der Waals surface area contributed by atoms with Gasteiger partial charge in [-0.1, -0.05) is 6.07 Å². The number of carboxylic acids is 2. The molecule has 0 amide bonds. The SMILES string of the molecule is Cc1ccc(C(=O)O)c(C(=O)O)c1N=O. The average Bonchev–Trinajstić information content (AvgIpc) is 2.16. The van der Waals surface area contributed by atoms with Crippen LogP contribution in [0.5, 0.6) is 0 Å². The Morgan fingerprint density at radius 1 is 1.20 bits per heavy atom.